The van der Waals surface area contributed by atoms with Crippen molar-refractivity contribution in [3.8, 4) is 5.75 Å². The smallest absolute Gasteiger partial charge is 0.326 e. The minimum Gasteiger partial charge on any atom is -0.464 e. The predicted molar refractivity (Wildman–Crippen MR) is 92.2 cm³/mol. The summed E-state index contributed by atoms with van der Waals surface area (Å²) in [6.07, 6.45) is 2.91. The van der Waals surface area contributed by atoms with E-state index in [0.29, 0.717) is 21.0 Å². The van der Waals surface area contributed by atoms with Crippen LogP contribution in [-0.4, -0.2) is 28.0 Å². The van der Waals surface area contributed by atoms with Gasteiger partial charge >= 0.3 is 5.97 Å². The Morgan fingerprint density at radius 3 is 2.92 bits per heavy atom. The molecule has 0 aliphatic heterocycles. The molecule has 3 rings (SSSR count). The number of carbonyl (C=O) groups is 2. The summed E-state index contributed by atoms with van der Waals surface area (Å²) < 4.78 is 10.6. The summed E-state index contributed by atoms with van der Waals surface area (Å²) in [6, 6.07) is 1.24. The standard InChI is InChI=1S/C14H12ClN3O5S2/c15-4-11(20)23-10-5-22-8(3-9(10)19)6-24-14-18-17-13(25-14)16-12(21)7-1-2-7/h3,5,7H,1-2,4,6H2,(H,16,17,21). The van der Waals surface area contributed by atoms with Crippen LogP contribution in [0.25, 0.3) is 0 Å². The minimum atomic E-state index is -0.731. The van der Waals surface area contributed by atoms with Crippen molar-refractivity contribution in [3.05, 3.63) is 28.3 Å². The van der Waals surface area contributed by atoms with Crippen LogP contribution in [0, 0.1) is 5.92 Å². The Labute approximate surface area is 154 Å². The van der Waals surface area contributed by atoms with Crippen LogP contribution in [0.1, 0.15) is 18.6 Å². The molecule has 1 N–H and O–H groups in total. The normalized spacial score (nSPS) is 13.5. The lowest BCUT2D eigenvalue weighted by atomic mass is 10.4. The van der Waals surface area contributed by atoms with E-state index in [0.717, 1.165) is 19.1 Å². The number of anilines is 1. The van der Waals surface area contributed by atoms with Gasteiger partial charge in [0, 0.05) is 12.0 Å². The highest BCUT2D eigenvalue weighted by atomic mass is 35.5. The Morgan fingerprint density at radius 1 is 1.44 bits per heavy atom. The average molecular weight is 402 g/mol. The van der Waals surface area contributed by atoms with Crippen molar-refractivity contribution < 1.29 is 18.7 Å². The van der Waals surface area contributed by atoms with Gasteiger partial charge in [0.15, 0.2) is 4.34 Å². The summed E-state index contributed by atoms with van der Waals surface area (Å²) in [5, 5.41) is 11.0. The van der Waals surface area contributed by atoms with E-state index >= 15 is 0 Å². The molecule has 0 saturated heterocycles. The molecule has 1 amide bonds. The number of nitrogens with one attached hydrogen (secondary N) is 1. The van der Waals surface area contributed by atoms with Gasteiger partial charge in [0.05, 0.1) is 5.75 Å². The van der Waals surface area contributed by atoms with Crippen LogP contribution in [0.2, 0.25) is 0 Å². The number of halogens is 1. The van der Waals surface area contributed by atoms with Gasteiger partial charge < -0.3 is 14.5 Å². The molecule has 1 saturated carbocycles. The van der Waals surface area contributed by atoms with Crippen molar-refractivity contribution in [2.75, 3.05) is 11.2 Å². The summed E-state index contributed by atoms with van der Waals surface area (Å²) in [7, 11) is 0. The van der Waals surface area contributed by atoms with Gasteiger partial charge in [0.1, 0.15) is 17.9 Å². The second-order valence-electron chi connectivity index (χ2n) is 5.11. The third kappa shape index (κ3) is 5.03. The molecule has 2 aromatic heterocycles. The van der Waals surface area contributed by atoms with Gasteiger partial charge in [0.25, 0.3) is 0 Å². The van der Waals surface area contributed by atoms with Gasteiger partial charge in [-0.2, -0.15) is 0 Å². The Bertz CT molecular complexity index is 849. The van der Waals surface area contributed by atoms with Crippen LogP contribution in [0.15, 0.2) is 25.9 Å². The number of esters is 1. The fraction of sp³-hybridized carbons (Fsp3) is 0.357. The number of thioether (sulfide) groups is 1. The van der Waals surface area contributed by atoms with Crippen molar-refractivity contribution in [2.45, 2.75) is 22.9 Å². The average Bonchev–Trinajstić information content (AvgIpc) is 3.36. The molecule has 2 heterocycles. The van der Waals surface area contributed by atoms with Crippen molar-refractivity contribution in [2.24, 2.45) is 5.92 Å². The lowest BCUT2D eigenvalue weighted by Crippen LogP contribution is -2.15. The third-order valence-corrected chi connectivity index (χ3v) is 5.32. The molecule has 25 heavy (non-hydrogen) atoms. The highest BCUT2D eigenvalue weighted by Gasteiger charge is 2.30. The van der Waals surface area contributed by atoms with E-state index < -0.39 is 11.4 Å². The number of alkyl halides is 1. The van der Waals surface area contributed by atoms with E-state index in [4.69, 9.17) is 20.8 Å². The molecule has 11 heteroatoms. The highest BCUT2D eigenvalue weighted by Crippen LogP contribution is 2.32. The molecule has 0 atom stereocenters. The number of rotatable bonds is 7. The summed E-state index contributed by atoms with van der Waals surface area (Å²) >= 11 is 7.87. The lowest BCUT2D eigenvalue weighted by Gasteiger charge is -2.02. The Balaban J connectivity index is 1.55. The minimum absolute atomic E-state index is 0.0271. The fourth-order valence-corrected chi connectivity index (χ4v) is 3.44. The van der Waals surface area contributed by atoms with Gasteiger partial charge in [0.2, 0.25) is 22.2 Å². The molecule has 8 nitrogen and oxygen atoms in total. The van der Waals surface area contributed by atoms with Gasteiger partial charge in [-0.05, 0) is 12.8 Å². The third-order valence-electron chi connectivity index (χ3n) is 3.11. The molecule has 1 aliphatic carbocycles. The van der Waals surface area contributed by atoms with Crippen molar-refractivity contribution in [1.29, 1.82) is 0 Å². The van der Waals surface area contributed by atoms with Crippen molar-refractivity contribution >= 4 is 51.7 Å². The zero-order valence-electron chi connectivity index (χ0n) is 12.7. The van der Waals surface area contributed by atoms with E-state index in [-0.39, 0.29) is 23.5 Å². The molecular weight excluding hydrogens is 390 g/mol. The fourth-order valence-electron chi connectivity index (χ4n) is 1.74. The number of hydrogen-bond acceptors (Lipinski definition) is 9. The van der Waals surface area contributed by atoms with Crippen LogP contribution < -0.4 is 15.5 Å². The molecule has 0 aromatic carbocycles. The number of hydrogen-bond donors (Lipinski definition) is 1. The largest absolute Gasteiger partial charge is 0.464 e. The Morgan fingerprint density at radius 2 is 2.24 bits per heavy atom. The van der Waals surface area contributed by atoms with Crippen molar-refractivity contribution in [1.82, 2.24) is 10.2 Å². The number of amides is 1. The van der Waals surface area contributed by atoms with E-state index in [1.807, 2.05) is 0 Å². The topological polar surface area (TPSA) is 111 Å². The first-order valence-electron chi connectivity index (χ1n) is 7.20. The molecule has 0 bridgehead atoms. The predicted octanol–water partition coefficient (Wildman–Crippen LogP) is 2.28. The maximum absolute atomic E-state index is 11.8. The van der Waals surface area contributed by atoms with Gasteiger partial charge in [-0.3, -0.25) is 14.4 Å². The highest BCUT2D eigenvalue weighted by molar-refractivity contribution is 8.00. The van der Waals surface area contributed by atoms with Gasteiger partial charge in [-0.25, -0.2) is 0 Å². The van der Waals surface area contributed by atoms with Crippen LogP contribution in [0.3, 0.4) is 0 Å². The van der Waals surface area contributed by atoms with E-state index in [1.54, 1.807) is 0 Å². The number of nitrogens with zero attached hydrogens (tertiary/aromatic N) is 2. The molecule has 132 valence electrons. The molecule has 0 radical (unpaired) electrons. The number of aromatic nitrogens is 2. The summed E-state index contributed by atoms with van der Waals surface area (Å²) in [6.45, 7) is 0. The SMILES string of the molecule is O=C(CCl)Oc1coc(CSc2nnc(NC(=O)C3CC3)s2)cc1=O. The molecule has 2 aromatic rings. The van der Waals surface area contributed by atoms with Crippen LogP contribution in [0.4, 0.5) is 5.13 Å². The molecule has 0 unspecified atom stereocenters. The molecule has 0 spiro atoms. The molecular formula is C14H12ClN3O5S2. The monoisotopic (exact) mass is 401 g/mol. The zero-order valence-corrected chi connectivity index (χ0v) is 15.1. The first-order chi connectivity index (χ1) is 12.0. The summed E-state index contributed by atoms with van der Waals surface area (Å²) in [5.74, 6) is -0.496. The van der Waals surface area contributed by atoms with Crippen LogP contribution >= 0.6 is 34.7 Å². The second kappa shape index (κ2) is 7.98. The first kappa shape index (κ1) is 17.9. The van der Waals surface area contributed by atoms with Gasteiger partial charge in [-0.1, -0.05) is 23.1 Å². The van der Waals surface area contributed by atoms with Gasteiger partial charge in [-0.15, -0.1) is 21.8 Å². The van der Waals surface area contributed by atoms with E-state index in [2.05, 4.69) is 15.5 Å². The van der Waals surface area contributed by atoms with E-state index in [9.17, 15) is 14.4 Å². The number of ether oxygens (including phenoxy) is 1. The Kier molecular flexibility index (Phi) is 5.71. The van der Waals surface area contributed by atoms with Crippen LogP contribution in [0.5, 0.6) is 5.75 Å². The maximum Gasteiger partial charge on any atom is 0.326 e. The van der Waals surface area contributed by atoms with Crippen molar-refractivity contribution in [3.63, 3.8) is 0 Å². The molecule has 1 aliphatic rings. The van der Waals surface area contributed by atoms with E-state index in [1.165, 1.54) is 29.2 Å². The number of carbonyl (C=O) groups excluding carboxylic acids is 2. The lowest BCUT2D eigenvalue weighted by molar-refractivity contribution is -0.131. The maximum atomic E-state index is 11.8. The summed E-state index contributed by atoms with van der Waals surface area (Å²) in [5.41, 5.74) is -0.477. The second-order valence-corrected chi connectivity index (χ2v) is 7.58. The van der Waals surface area contributed by atoms with Crippen LogP contribution in [-0.2, 0) is 15.3 Å². The quantitative estimate of drug-likeness (QED) is 0.325. The first-order valence-corrected chi connectivity index (χ1v) is 9.54. The Hall–Kier alpha value is -1.91. The summed E-state index contributed by atoms with van der Waals surface area (Å²) in [4.78, 5) is 34.6. The molecule has 1 fully saturated rings. The zero-order chi connectivity index (χ0) is 17.8.